The van der Waals surface area contributed by atoms with Crippen LogP contribution in [-0.2, 0) is 0 Å². The number of hydrogen-bond donors (Lipinski definition) is 2. The van der Waals surface area contributed by atoms with Crippen LogP contribution >= 0.6 is 0 Å². The van der Waals surface area contributed by atoms with Crippen molar-refractivity contribution in [3.8, 4) is 17.2 Å². The fourth-order valence-corrected chi connectivity index (χ4v) is 1.80. The Morgan fingerprint density at radius 3 is 1.78 bits per heavy atom. The van der Waals surface area contributed by atoms with Crippen LogP contribution in [0.4, 0.5) is 0 Å². The van der Waals surface area contributed by atoms with Gasteiger partial charge in [-0.25, -0.2) is 4.79 Å². The molecular weight excluding hydrogens is 300 g/mol. The highest BCUT2D eigenvalue weighted by Gasteiger charge is 2.08. The van der Waals surface area contributed by atoms with Gasteiger partial charge in [0, 0.05) is 0 Å². The number of hydrogen-bond acceptors (Lipinski definition) is 5. The fraction of sp³-hybridized carbons (Fsp3) is 0.235. The molecule has 122 valence electrons. The molecule has 2 N–H and O–H groups in total. The van der Waals surface area contributed by atoms with Crippen molar-refractivity contribution in [1.82, 2.24) is 0 Å². The minimum atomic E-state index is -0.996. The number of aromatic carboxylic acids is 1. The van der Waals surface area contributed by atoms with E-state index < -0.39 is 12.1 Å². The molecule has 0 bridgehead atoms. The van der Waals surface area contributed by atoms with Crippen LogP contribution in [0.25, 0.3) is 0 Å². The van der Waals surface area contributed by atoms with Gasteiger partial charge >= 0.3 is 5.97 Å². The second-order valence-corrected chi connectivity index (χ2v) is 4.78. The van der Waals surface area contributed by atoms with E-state index in [1.807, 2.05) is 0 Å². The molecule has 0 unspecified atom stereocenters. The lowest BCUT2D eigenvalue weighted by molar-refractivity contribution is 0.0625. The van der Waals surface area contributed by atoms with E-state index in [1.165, 1.54) is 12.1 Å². The van der Waals surface area contributed by atoms with Crippen molar-refractivity contribution in [3.63, 3.8) is 0 Å². The first-order valence-electron chi connectivity index (χ1n) is 6.99. The molecule has 6 nitrogen and oxygen atoms in total. The molecule has 1 atom stereocenters. The van der Waals surface area contributed by atoms with Gasteiger partial charge in [-0.3, -0.25) is 0 Å². The maximum absolute atomic E-state index is 10.7. The van der Waals surface area contributed by atoms with E-state index in [4.69, 9.17) is 19.3 Å². The van der Waals surface area contributed by atoms with Gasteiger partial charge in [-0.15, -0.1) is 0 Å². The normalized spacial score (nSPS) is 11.6. The Hall–Kier alpha value is -2.73. The quantitative estimate of drug-likeness (QED) is 0.776. The molecular formula is C17H18O6. The van der Waals surface area contributed by atoms with Gasteiger partial charge in [0.15, 0.2) is 0 Å². The van der Waals surface area contributed by atoms with Gasteiger partial charge in [0.25, 0.3) is 0 Å². The average Bonchev–Trinajstić information content (AvgIpc) is 2.59. The summed E-state index contributed by atoms with van der Waals surface area (Å²) in [5.41, 5.74) is 0.181. The Bertz CT molecular complexity index is 621. The number of rotatable bonds is 8. The first-order valence-corrected chi connectivity index (χ1v) is 6.99. The first-order chi connectivity index (χ1) is 11.1. The van der Waals surface area contributed by atoms with Crippen molar-refractivity contribution in [2.45, 2.75) is 6.10 Å². The maximum atomic E-state index is 10.7. The number of carboxylic acid groups (broad SMARTS) is 1. The predicted octanol–water partition coefficient (Wildman–Crippen LogP) is 2.21. The number of benzene rings is 2. The summed E-state index contributed by atoms with van der Waals surface area (Å²) in [6.45, 7) is 0.127. The third-order valence-corrected chi connectivity index (χ3v) is 3.05. The number of carboxylic acids is 1. The molecule has 0 radical (unpaired) electrons. The number of aliphatic hydroxyl groups excluding tert-OH is 1. The topological polar surface area (TPSA) is 85.2 Å². The molecule has 0 aliphatic heterocycles. The zero-order valence-electron chi connectivity index (χ0n) is 12.6. The van der Waals surface area contributed by atoms with E-state index in [0.717, 1.165) is 5.75 Å². The van der Waals surface area contributed by atoms with Gasteiger partial charge < -0.3 is 24.4 Å². The number of ether oxygens (including phenoxy) is 3. The molecule has 0 spiro atoms. The zero-order valence-corrected chi connectivity index (χ0v) is 12.6. The van der Waals surface area contributed by atoms with E-state index in [2.05, 4.69) is 0 Å². The van der Waals surface area contributed by atoms with Crippen molar-refractivity contribution in [3.05, 3.63) is 54.1 Å². The lowest BCUT2D eigenvalue weighted by Crippen LogP contribution is -2.25. The Labute approximate surface area is 133 Å². The van der Waals surface area contributed by atoms with E-state index in [9.17, 15) is 9.90 Å². The molecule has 0 aromatic heterocycles. The highest BCUT2D eigenvalue weighted by Crippen LogP contribution is 2.17. The Morgan fingerprint density at radius 2 is 1.35 bits per heavy atom. The highest BCUT2D eigenvalue weighted by atomic mass is 16.5. The van der Waals surface area contributed by atoms with Crippen LogP contribution in [0.5, 0.6) is 17.2 Å². The van der Waals surface area contributed by atoms with Gasteiger partial charge in [0.2, 0.25) is 0 Å². The molecule has 0 fully saturated rings. The SMILES string of the molecule is COc1ccc(OC[C@@H](O)COc2ccc(C(=O)O)cc2)cc1. The van der Waals surface area contributed by atoms with E-state index >= 15 is 0 Å². The van der Waals surface area contributed by atoms with Crippen LogP contribution < -0.4 is 14.2 Å². The standard InChI is InChI=1S/C17H18O6/c1-21-14-6-8-16(9-7-14)23-11-13(18)10-22-15-4-2-12(3-5-15)17(19)20/h2-9,13,18H,10-11H2,1H3,(H,19,20)/t13-/m0/s1. The first kappa shape index (κ1) is 16.6. The smallest absolute Gasteiger partial charge is 0.335 e. The van der Waals surface area contributed by atoms with Crippen LogP contribution in [0.15, 0.2) is 48.5 Å². The van der Waals surface area contributed by atoms with Gasteiger partial charge in [-0.2, -0.15) is 0 Å². The number of carbonyl (C=O) groups is 1. The van der Waals surface area contributed by atoms with Gasteiger partial charge in [-0.05, 0) is 48.5 Å². The molecule has 0 aliphatic carbocycles. The van der Waals surface area contributed by atoms with Gasteiger partial charge in [0.1, 0.15) is 36.6 Å². The maximum Gasteiger partial charge on any atom is 0.335 e. The predicted molar refractivity (Wildman–Crippen MR) is 83.4 cm³/mol. The second kappa shape index (κ2) is 8.05. The van der Waals surface area contributed by atoms with Crippen molar-refractivity contribution in [2.75, 3.05) is 20.3 Å². The summed E-state index contributed by atoms with van der Waals surface area (Å²) < 4.78 is 15.9. The largest absolute Gasteiger partial charge is 0.497 e. The zero-order chi connectivity index (χ0) is 16.7. The monoisotopic (exact) mass is 318 g/mol. The molecule has 23 heavy (non-hydrogen) atoms. The molecule has 0 heterocycles. The second-order valence-electron chi connectivity index (χ2n) is 4.78. The molecule has 6 heteroatoms. The van der Waals surface area contributed by atoms with Crippen LogP contribution in [0.3, 0.4) is 0 Å². The molecule has 0 amide bonds. The number of aliphatic hydroxyl groups is 1. The third kappa shape index (κ3) is 5.19. The minimum absolute atomic E-state index is 0.0442. The van der Waals surface area contributed by atoms with Crippen LogP contribution in [0.1, 0.15) is 10.4 Å². The van der Waals surface area contributed by atoms with Gasteiger partial charge in [0.05, 0.1) is 12.7 Å². The molecule has 2 aromatic rings. The Morgan fingerprint density at radius 1 is 0.913 bits per heavy atom. The van der Waals surface area contributed by atoms with Crippen molar-refractivity contribution < 1.29 is 29.2 Å². The van der Waals surface area contributed by atoms with E-state index in [-0.39, 0.29) is 18.8 Å². The minimum Gasteiger partial charge on any atom is -0.497 e. The highest BCUT2D eigenvalue weighted by molar-refractivity contribution is 5.87. The van der Waals surface area contributed by atoms with Crippen LogP contribution in [0, 0.1) is 0 Å². The van der Waals surface area contributed by atoms with Crippen molar-refractivity contribution >= 4 is 5.97 Å². The van der Waals surface area contributed by atoms with Crippen LogP contribution in [0.2, 0.25) is 0 Å². The van der Waals surface area contributed by atoms with E-state index in [1.54, 1.807) is 43.5 Å². The molecule has 0 saturated heterocycles. The summed E-state index contributed by atoms with van der Waals surface area (Å²) in [4.78, 5) is 10.7. The summed E-state index contributed by atoms with van der Waals surface area (Å²) in [6.07, 6.45) is -0.809. The lowest BCUT2D eigenvalue weighted by atomic mass is 10.2. The van der Waals surface area contributed by atoms with E-state index in [0.29, 0.717) is 11.5 Å². The summed E-state index contributed by atoms with van der Waals surface area (Å²) >= 11 is 0. The third-order valence-electron chi connectivity index (χ3n) is 3.05. The lowest BCUT2D eigenvalue weighted by Gasteiger charge is -2.14. The summed E-state index contributed by atoms with van der Waals surface area (Å²) in [7, 11) is 1.58. The molecule has 0 saturated carbocycles. The molecule has 0 aliphatic rings. The fourth-order valence-electron chi connectivity index (χ4n) is 1.80. The molecule has 2 aromatic carbocycles. The van der Waals surface area contributed by atoms with Gasteiger partial charge in [-0.1, -0.05) is 0 Å². The molecule has 2 rings (SSSR count). The summed E-state index contributed by atoms with van der Waals surface area (Å²) in [5, 5.41) is 18.6. The van der Waals surface area contributed by atoms with Crippen molar-refractivity contribution in [1.29, 1.82) is 0 Å². The Kier molecular flexibility index (Phi) is 5.82. The Balaban J connectivity index is 1.75. The average molecular weight is 318 g/mol. The summed E-state index contributed by atoms with van der Waals surface area (Å²) in [5.74, 6) is 0.838. The summed E-state index contributed by atoms with van der Waals surface area (Å²) in [6, 6.07) is 13.0. The van der Waals surface area contributed by atoms with Crippen LogP contribution in [-0.4, -0.2) is 42.6 Å². The number of methoxy groups -OCH3 is 1. The van der Waals surface area contributed by atoms with Crippen molar-refractivity contribution in [2.24, 2.45) is 0 Å².